The highest BCUT2D eigenvalue weighted by molar-refractivity contribution is 7.99. The van der Waals surface area contributed by atoms with Crippen molar-refractivity contribution in [1.82, 2.24) is 20.2 Å². The van der Waals surface area contributed by atoms with Crippen LogP contribution >= 0.6 is 34.7 Å². The molecule has 3 heterocycles. The van der Waals surface area contributed by atoms with Crippen molar-refractivity contribution in [2.24, 2.45) is 0 Å². The molecule has 1 atom stereocenters. The number of halogens is 1. The van der Waals surface area contributed by atoms with Crippen LogP contribution in [0.4, 0.5) is 5.00 Å². The van der Waals surface area contributed by atoms with E-state index in [0.29, 0.717) is 32.9 Å². The SMILES string of the molecule is COC(=O)c1c(-c2ccccc2Cl)csc1NC(=O)CSc1nnnn1CC1CCCO1. The highest BCUT2D eigenvalue weighted by Gasteiger charge is 2.24. The number of amides is 1. The molecule has 12 heteroatoms. The first-order valence-corrected chi connectivity index (χ1v) is 12.1. The summed E-state index contributed by atoms with van der Waals surface area (Å²) in [5, 5.41) is 17.7. The molecular formula is C20H20ClN5O4S2. The van der Waals surface area contributed by atoms with Crippen molar-refractivity contribution in [1.29, 1.82) is 0 Å². The van der Waals surface area contributed by atoms with Crippen molar-refractivity contribution in [3.8, 4) is 11.1 Å². The molecule has 3 aromatic rings. The minimum atomic E-state index is -0.551. The van der Waals surface area contributed by atoms with E-state index in [-0.39, 0.29) is 23.3 Å². The molecule has 2 aromatic heterocycles. The maximum absolute atomic E-state index is 12.6. The van der Waals surface area contributed by atoms with Crippen LogP contribution in [0.3, 0.4) is 0 Å². The van der Waals surface area contributed by atoms with Gasteiger partial charge in [0.2, 0.25) is 11.1 Å². The van der Waals surface area contributed by atoms with Gasteiger partial charge in [-0.3, -0.25) is 4.79 Å². The Kier molecular flexibility index (Phi) is 7.40. The zero-order valence-electron chi connectivity index (χ0n) is 17.1. The molecule has 9 nitrogen and oxygen atoms in total. The number of carbonyl (C=O) groups excluding carboxylic acids is 2. The summed E-state index contributed by atoms with van der Waals surface area (Å²) in [5.41, 5.74) is 1.57. The lowest BCUT2D eigenvalue weighted by Crippen LogP contribution is -2.18. The van der Waals surface area contributed by atoms with Crippen molar-refractivity contribution in [2.75, 3.05) is 24.8 Å². The van der Waals surface area contributed by atoms with Crippen LogP contribution in [0.1, 0.15) is 23.2 Å². The molecule has 1 aliphatic heterocycles. The summed E-state index contributed by atoms with van der Waals surface area (Å²) in [7, 11) is 1.30. The van der Waals surface area contributed by atoms with Crippen LogP contribution in [0.25, 0.3) is 11.1 Å². The first-order chi connectivity index (χ1) is 15.6. The molecule has 32 heavy (non-hydrogen) atoms. The number of hydrogen-bond acceptors (Lipinski definition) is 9. The predicted molar refractivity (Wildman–Crippen MR) is 122 cm³/mol. The molecule has 1 amide bonds. The number of rotatable bonds is 8. The van der Waals surface area contributed by atoms with Gasteiger partial charge in [-0.05, 0) is 29.3 Å². The molecule has 4 rings (SSSR count). The van der Waals surface area contributed by atoms with Gasteiger partial charge in [0.05, 0.1) is 25.5 Å². The summed E-state index contributed by atoms with van der Waals surface area (Å²) in [6.07, 6.45) is 2.08. The molecule has 0 radical (unpaired) electrons. The molecule has 0 spiro atoms. The Hall–Kier alpha value is -2.47. The van der Waals surface area contributed by atoms with Crippen LogP contribution in [-0.2, 0) is 20.8 Å². The van der Waals surface area contributed by atoms with E-state index in [2.05, 4.69) is 20.8 Å². The first-order valence-electron chi connectivity index (χ1n) is 9.82. The van der Waals surface area contributed by atoms with E-state index in [4.69, 9.17) is 21.1 Å². The number of methoxy groups -OCH3 is 1. The summed E-state index contributed by atoms with van der Waals surface area (Å²) in [4.78, 5) is 25.1. The van der Waals surface area contributed by atoms with E-state index in [1.165, 1.54) is 30.2 Å². The highest BCUT2D eigenvalue weighted by Crippen LogP contribution is 2.39. The Morgan fingerprint density at radius 3 is 2.97 bits per heavy atom. The van der Waals surface area contributed by atoms with Crippen molar-refractivity contribution < 1.29 is 19.1 Å². The van der Waals surface area contributed by atoms with Gasteiger partial charge >= 0.3 is 5.97 Å². The number of esters is 1. The summed E-state index contributed by atoms with van der Waals surface area (Å²) in [6, 6.07) is 7.19. The molecule has 168 valence electrons. The average molecular weight is 494 g/mol. The number of carbonyl (C=O) groups is 2. The Morgan fingerprint density at radius 1 is 1.38 bits per heavy atom. The third-order valence-corrected chi connectivity index (χ3v) is 7.01. The van der Waals surface area contributed by atoms with Crippen LogP contribution < -0.4 is 5.32 Å². The maximum atomic E-state index is 12.6. The van der Waals surface area contributed by atoms with Crippen LogP contribution in [0.15, 0.2) is 34.8 Å². The lowest BCUT2D eigenvalue weighted by atomic mass is 10.0. The van der Waals surface area contributed by atoms with Gasteiger partial charge in [-0.2, -0.15) is 0 Å². The fourth-order valence-electron chi connectivity index (χ4n) is 3.32. The van der Waals surface area contributed by atoms with Gasteiger partial charge in [-0.15, -0.1) is 16.4 Å². The van der Waals surface area contributed by atoms with Gasteiger partial charge in [0.1, 0.15) is 10.6 Å². The molecule has 1 saturated heterocycles. The van der Waals surface area contributed by atoms with E-state index in [0.717, 1.165) is 19.4 Å². The van der Waals surface area contributed by atoms with E-state index in [9.17, 15) is 9.59 Å². The van der Waals surface area contributed by atoms with Gasteiger partial charge in [0, 0.05) is 28.1 Å². The zero-order valence-corrected chi connectivity index (χ0v) is 19.5. The normalized spacial score (nSPS) is 15.6. The standard InChI is InChI=1S/C20H20ClN5O4S2/c1-29-19(28)17-14(13-6-2-3-7-15(13)21)10-31-18(17)22-16(27)11-32-20-23-24-25-26(20)9-12-5-4-8-30-12/h2-3,6-7,10,12H,4-5,8-9,11H2,1H3,(H,22,27). The summed E-state index contributed by atoms with van der Waals surface area (Å²) >= 11 is 8.76. The minimum absolute atomic E-state index is 0.0752. The molecule has 1 N–H and O–H groups in total. The topological polar surface area (TPSA) is 108 Å². The summed E-state index contributed by atoms with van der Waals surface area (Å²) < 4.78 is 12.2. The second-order valence-electron chi connectivity index (χ2n) is 6.94. The van der Waals surface area contributed by atoms with Crippen LogP contribution in [-0.4, -0.2) is 57.7 Å². The minimum Gasteiger partial charge on any atom is -0.465 e. The Labute approximate surface area is 197 Å². The molecule has 1 aliphatic rings. The molecule has 0 saturated carbocycles. The largest absolute Gasteiger partial charge is 0.465 e. The Balaban J connectivity index is 1.45. The van der Waals surface area contributed by atoms with Crippen LogP contribution in [0, 0.1) is 0 Å². The first kappa shape index (κ1) is 22.7. The number of nitrogens with one attached hydrogen (secondary N) is 1. The number of aromatic nitrogens is 4. The molecule has 1 unspecified atom stereocenters. The molecule has 0 aliphatic carbocycles. The van der Waals surface area contributed by atoms with Crippen molar-refractivity contribution in [2.45, 2.75) is 30.6 Å². The number of tetrazole rings is 1. The maximum Gasteiger partial charge on any atom is 0.341 e. The van der Waals surface area contributed by atoms with Crippen molar-refractivity contribution in [3.05, 3.63) is 40.2 Å². The number of thiophene rings is 1. The molecule has 0 bridgehead atoms. The monoisotopic (exact) mass is 493 g/mol. The highest BCUT2D eigenvalue weighted by atomic mass is 35.5. The van der Waals surface area contributed by atoms with Crippen LogP contribution in [0.5, 0.6) is 0 Å². The van der Waals surface area contributed by atoms with Crippen molar-refractivity contribution >= 4 is 51.6 Å². The number of ether oxygens (including phenoxy) is 2. The zero-order chi connectivity index (χ0) is 22.5. The second-order valence-corrected chi connectivity index (χ2v) is 9.17. The number of anilines is 1. The summed E-state index contributed by atoms with van der Waals surface area (Å²) in [5.74, 6) is -0.768. The lowest BCUT2D eigenvalue weighted by Gasteiger charge is -2.10. The quantitative estimate of drug-likeness (QED) is 0.373. The van der Waals surface area contributed by atoms with E-state index in [1.807, 2.05) is 18.2 Å². The lowest BCUT2D eigenvalue weighted by molar-refractivity contribution is -0.113. The van der Waals surface area contributed by atoms with Crippen molar-refractivity contribution in [3.63, 3.8) is 0 Å². The number of thioether (sulfide) groups is 1. The van der Waals surface area contributed by atoms with Crippen LogP contribution in [0.2, 0.25) is 5.02 Å². The summed E-state index contributed by atoms with van der Waals surface area (Å²) in [6.45, 7) is 1.30. The van der Waals surface area contributed by atoms with Gasteiger partial charge < -0.3 is 14.8 Å². The molecular weight excluding hydrogens is 474 g/mol. The smallest absolute Gasteiger partial charge is 0.341 e. The third kappa shape index (κ3) is 5.12. The fourth-order valence-corrected chi connectivity index (χ4v) is 5.21. The van der Waals surface area contributed by atoms with E-state index < -0.39 is 5.97 Å². The fraction of sp³-hybridized carbons (Fsp3) is 0.350. The van der Waals surface area contributed by atoms with E-state index >= 15 is 0 Å². The van der Waals surface area contributed by atoms with Gasteiger partial charge in [-0.1, -0.05) is 41.6 Å². The number of nitrogens with zero attached hydrogens (tertiary/aromatic N) is 4. The van der Waals surface area contributed by atoms with Gasteiger partial charge in [-0.25, -0.2) is 9.48 Å². The number of benzene rings is 1. The Morgan fingerprint density at radius 2 is 2.22 bits per heavy atom. The average Bonchev–Trinajstić information content (AvgIpc) is 3.54. The third-order valence-electron chi connectivity index (χ3n) is 4.83. The van der Waals surface area contributed by atoms with Gasteiger partial charge in [0.25, 0.3) is 0 Å². The molecule has 1 fully saturated rings. The van der Waals surface area contributed by atoms with E-state index in [1.54, 1.807) is 16.1 Å². The molecule has 1 aromatic carbocycles. The second kappa shape index (κ2) is 10.4. The Bertz CT molecular complexity index is 1110. The number of hydrogen-bond donors (Lipinski definition) is 1. The van der Waals surface area contributed by atoms with Gasteiger partial charge in [0.15, 0.2) is 0 Å². The predicted octanol–water partition coefficient (Wildman–Crippen LogP) is 3.75.